The number of halogens is 3. The topological polar surface area (TPSA) is 55.2 Å². The van der Waals surface area contributed by atoms with E-state index in [4.69, 9.17) is 23.2 Å². The van der Waals surface area contributed by atoms with Crippen LogP contribution in [0.5, 0.6) is 0 Å². The van der Waals surface area contributed by atoms with Crippen molar-refractivity contribution in [1.29, 1.82) is 0 Å². The highest BCUT2D eigenvalue weighted by molar-refractivity contribution is 6.41. The third kappa shape index (κ3) is 3.89. The summed E-state index contributed by atoms with van der Waals surface area (Å²) in [7, 11) is 0. The Morgan fingerprint density at radius 3 is 2.26 bits per heavy atom. The second-order valence-electron chi connectivity index (χ2n) is 9.52. The zero-order valence-corrected chi connectivity index (χ0v) is 18.6. The summed E-state index contributed by atoms with van der Waals surface area (Å²) in [5, 5.41) is 3.95. The molecule has 0 radical (unpaired) electrons. The van der Waals surface area contributed by atoms with Crippen LogP contribution in [0.4, 0.5) is 4.39 Å². The second-order valence-corrected chi connectivity index (χ2v) is 10.3. The SMILES string of the molecule is O=C(Cn1ncc(Cl)c(Cl)c1=O)N(Cc1ccc(F)cc1)C12CC3CC(CC(C3)C1)C2. The van der Waals surface area contributed by atoms with Crippen molar-refractivity contribution < 1.29 is 9.18 Å². The molecule has 8 heteroatoms. The maximum absolute atomic E-state index is 13.6. The van der Waals surface area contributed by atoms with E-state index in [1.807, 2.05) is 4.90 Å². The molecule has 5 nitrogen and oxygen atoms in total. The van der Waals surface area contributed by atoms with Gasteiger partial charge in [0.25, 0.3) is 5.56 Å². The smallest absolute Gasteiger partial charge is 0.287 e. The molecule has 1 heterocycles. The Morgan fingerprint density at radius 1 is 1.10 bits per heavy atom. The van der Waals surface area contributed by atoms with Crippen LogP contribution in [0.3, 0.4) is 0 Å². The molecule has 6 rings (SSSR count). The fourth-order valence-electron chi connectivity index (χ4n) is 6.46. The van der Waals surface area contributed by atoms with Gasteiger partial charge in [-0.1, -0.05) is 35.3 Å². The first kappa shape index (κ1) is 21.0. The Morgan fingerprint density at radius 2 is 1.68 bits per heavy atom. The molecule has 1 amide bonds. The third-order valence-corrected chi connectivity index (χ3v) is 8.11. The van der Waals surface area contributed by atoms with Crippen molar-refractivity contribution in [2.24, 2.45) is 17.8 Å². The Balaban J connectivity index is 1.48. The molecule has 1 aromatic heterocycles. The summed E-state index contributed by atoms with van der Waals surface area (Å²) >= 11 is 11.9. The minimum atomic E-state index is -0.574. The van der Waals surface area contributed by atoms with Crippen molar-refractivity contribution in [3.8, 4) is 0 Å². The molecule has 4 saturated carbocycles. The Bertz CT molecular complexity index is 1030. The van der Waals surface area contributed by atoms with Gasteiger partial charge in [0, 0.05) is 12.1 Å². The lowest BCUT2D eigenvalue weighted by atomic mass is 9.52. The standard InChI is InChI=1S/C23H24Cl2FN3O2/c24-19-11-27-29(22(31)21(19)25)13-20(30)28(12-14-1-3-18(26)4-2-14)23-8-15-5-16(9-23)7-17(6-15)10-23/h1-4,11,15-17H,5-10,12-13H2. The molecule has 4 fully saturated rings. The van der Waals surface area contributed by atoms with E-state index in [0.29, 0.717) is 24.3 Å². The molecule has 4 aliphatic rings. The van der Waals surface area contributed by atoms with Gasteiger partial charge in [0.1, 0.15) is 17.4 Å². The quantitative estimate of drug-likeness (QED) is 0.646. The molecule has 2 aromatic rings. The van der Waals surface area contributed by atoms with Crippen LogP contribution in [0.1, 0.15) is 44.1 Å². The molecule has 4 aliphatic carbocycles. The highest BCUT2D eigenvalue weighted by Gasteiger charge is 2.54. The van der Waals surface area contributed by atoms with Crippen molar-refractivity contribution in [1.82, 2.24) is 14.7 Å². The zero-order chi connectivity index (χ0) is 21.8. The van der Waals surface area contributed by atoms with Crippen LogP contribution in [0.15, 0.2) is 35.3 Å². The molecule has 0 atom stereocenters. The molecule has 0 saturated heterocycles. The van der Waals surface area contributed by atoms with Crippen LogP contribution in [-0.2, 0) is 17.9 Å². The van der Waals surface area contributed by atoms with E-state index < -0.39 is 5.56 Å². The average Bonchev–Trinajstić information content (AvgIpc) is 2.72. The Labute approximate surface area is 190 Å². The predicted molar refractivity (Wildman–Crippen MR) is 116 cm³/mol. The Kier molecular flexibility index (Phi) is 5.33. The highest BCUT2D eigenvalue weighted by Crippen LogP contribution is 2.58. The number of rotatable bonds is 5. The van der Waals surface area contributed by atoms with Crippen molar-refractivity contribution in [3.05, 3.63) is 62.2 Å². The van der Waals surface area contributed by atoms with Gasteiger partial charge in [-0.15, -0.1) is 0 Å². The van der Waals surface area contributed by atoms with Gasteiger partial charge in [-0.2, -0.15) is 5.10 Å². The fraction of sp³-hybridized carbons (Fsp3) is 0.522. The molecular formula is C23H24Cl2FN3O2. The maximum Gasteiger partial charge on any atom is 0.287 e. The molecule has 0 unspecified atom stereocenters. The summed E-state index contributed by atoms with van der Waals surface area (Å²) in [6.07, 6.45) is 8.04. The lowest BCUT2D eigenvalue weighted by Gasteiger charge is -2.60. The molecule has 0 spiro atoms. The molecule has 0 N–H and O–H groups in total. The van der Waals surface area contributed by atoms with Gasteiger partial charge in [-0.05, 0) is 74.0 Å². The van der Waals surface area contributed by atoms with Gasteiger partial charge in [-0.3, -0.25) is 9.59 Å². The second kappa shape index (κ2) is 7.89. The van der Waals surface area contributed by atoms with Gasteiger partial charge in [0.15, 0.2) is 0 Å². The number of carbonyl (C=O) groups is 1. The van der Waals surface area contributed by atoms with Crippen molar-refractivity contribution >= 4 is 29.1 Å². The molecule has 0 aliphatic heterocycles. The first-order valence-electron chi connectivity index (χ1n) is 10.8. The zero-order valence-electron chi connectivity index (χ0n) is 17.1. The lowest BCUT2D eigenvalue weighted by molar-refractivity contribution is -0.153. The first-order valence-corrected chi connectivity index (χ1v) is 11.5. The van der Waals surface area contributed by atoms with Crippen LogP contribution in [0, 0.1) is 23.6 Å². The van der Waals surface area contributed by atoms with E-state index in [-0.39, 0.29) is 33.9 Å². The number of carbonyl (C=O) groups excluding carboxylic acids is 1. The molecule has 31 heavy (non-hydrogen) atoms. The summed E-state index contributed by atoms with van der Waals surface area (Å²) < 4.78 is 14.5. The van der Waals surface area contributed by atoms with Crippen LogP contribution in [-0.4, -0.2) is 26.1 Å². The molecule has 1 aromatic carbocycles. The minimum absolute atomic E-state index is 0.0691. The van der Waals surface area contributed by atoms with Crippen LogP contribution >= 0.6 is 23.2 Å². The van der Waals surface area contributed by atoms with E-state index in [0.717, 1.165) is 29.5 Å². The number of amides is 1. The summed E-state index contributed by atoms with van der Waals surface area (Å²) in [5.41, 5.74) is 0.0924. The summed E-state index contributed by atoms with van der Waals surface area (Å²) in [6, 6.07) is 6.28. The lowest BCUT2D eigenvalue weighted by Crippen LogP contribution is -2.61. The monoisotopic (exact) mass is 463 g/mol. The summed E-state index contributed by atoms with van der Waals surface area (Å²) in [5.74, 6) is 1.49. The number of hydrogen-bond donors (Lipinski definition) is 0. The van der Waals surface area contributed by atoms with Crippen LogP contribution in [0.2, 0.25) is 10.0 Å². The first-order chi connectivity index (χ1) is 14.8. The average molecular weight is 464 g/mol. The van der Waals surface area contributed by atoms with E-state index in [1.165, 1.54) is 37.6 Å². The largest absolute Gasteiger partial charge is 0.331 e. The number of nitrogens with zero attached hydrogens (tertiary/aromatic N) is 3. The minimum Gasteiger partial charge on any atom is -0.331 e. The van der Waals surface area contributed by atoms with Gasteiger partial charge in [0.2, 0.25) is 5.91 Å². The summed E-state index contributed by atoms with van der Waals surface area (Å²) in [4.78, 5) is 28.0. The molecular weight excluding hydrogens is 440 g/mol. The van der Waals surface area contributed by atoms with Crippen molar-refractivity contribution in [2.75, 3.05) is 0 Å². The number of aromatic nitrogens is 2. The fourth-order valence-corrected chi connectivity index (χ4v) is 6.73. The van der Waals surface area contributed by atoms with Crippen molar-refractivity contribution in [2.45, 2.75) is 57.2 Å². The number of hydrogen-bond acceptors (Lipinski definition) is 3. The van der Waals surface area contributed by atoms with Gasteiger partial charge in [0.05, 0.1) is 11.2 Å². The van der Waals surface area contributed by atoms with Gasteiger partial charge < -0.3 is 4.90 Å². The molecule has 164 valence electrons. The van der Waals surface area contributed by atoms with Crippen LogP contribution in [0.25, 0.3) is 0 Å². The van der Waals surface area contributed by atoms with E-state index >= 15 is 0 Å². The highest BCUT2D eigenvalue weighted by atomic mass is 35.5. The Hall–Kier alpha value is -1.92. The van der Waals surface area contributed by atoms with Crippen LogP contribution < -0.4 is 5.56 Å². The van der Waals surface area contributed by atoms with Gasteiger partial charge in [-0.25, -0.2) is 9.07 Å². The van der Waals surface area contributed by atoms with Crippen molar-refractivity contribution in [3.63, 3.8) is 0 Å². The number of benzene rings is 1. The third-order valence-electron chi connectivity index (χ3n) is 7.36. The van der Waals surface area contributed by atoms with E-state index in [2.05, 4.69) is 5.10 Å². The molecule has 4 bridgehead atoms. The van der Waals surface area contributed by atoms with E-state index in [1.54, 1.807) is 12.1 Å². The normalized spacial score (nSPS) is 28.7. The van der Waals surface area contributed by atoms with Gasteiger partial charge >= 0.3 is 0 Å². The predicted octanol–water partition coefficient (Wildman–Crippen LogP) is 4.69. The van der Waals surface area contributed by atoms with E-state index in [9.17, 15) is 14.0 Å². The summed E-state index contributed by atoms with van der Waals surface area (Å²) in [6.45, 7) is 0.194. The maximum atomic E-state index is 13.6.